The molecule has 4 rings (SSSR count). The number of urea groups is 1. The van der Waals surface area contributed by atoms with E-state index in [0.29, 0.717) is 12.5 Å². The molecule has 1 aliphatic heterocycles. The number of piperidine rings is 1. The van der Waals surface area contributed by atoms with Crippen molar-refractivity contribution in [1.29, 1.82) is 0 Å². The minimum Gasteiger partial charge on any atom is -0.324 e. The van der Waals surface area contributed by atoms with Crippen LogP contribution in [0.25, 0.3) is 0 Å². The van der Waals surface area contributed by atoms with E-state index in [1.807, 2.05) is 35.2 Å². The molecule has 1 N–H and O–H groups in total. The summed E-state index contributed by atoms with van der Waals surface area (Å²) in [6, 6.07) is 19.7. The third-order valence-electron chi connectivity index (χ3n) is 5.37. The van der Waals surface area contributed by atoms with Crippen molar-refractivity contribution in [2.24, 2.45) is 0 Å². The van der Waals surface area contributed by atoms with Crippen molar-refractivity contribution in [3.05, 3.63) is 94.7 Å². The molecule has 1 saturated heterocycles. The first-order chi connectivity index (χ1) is 14.2. The van der Waals surface area contributed by atoms with Crippen molar-refractivity contribution < 1.29 is 4.79 Å². The van der Waals surface area contributed by atoms with Gasteiger partial charge in [0.05, 0.1) is 6.54 Å². The largest absolute Gasteiger partial charge is 0.347 e. The van der Waals surface area contributed by atoms with E-state index in [4.69, 9.17) is 0 Å². The Kier molecular flexibility index (Phi) is 5.70. The molecule has 2 amide bonds. The molecule has 6 heteroatoms. The second kappa shape index (κ2) is 8.73. The molecule has 0 saturated carbocycles. The van der Waals surface area contributed by atoms with E-state index in [1.54, 1.807) is 12.3 Å². The number of nitrogens with zero attached hydrogens (tertiary/aromatic N) is 3. The summed E-state index contributed by atoms with van der Waals surface area (Å²) < 4.78 is 1.54. The van der Waals surface area contributed by atoms with Gasteiger partial charge in [-0.05, 0) is 48.1 Å². The maximum Gasteiger partial charge on any atom is 0.347 e. The average Bonchev–Trinajstić information content (AvgIpc) is 2.76. The molecule has 148 valence electrons. The highest BCUT2D eigenvalue weighted by Crippen LogP contribution is 2.28. The van der Waals surface area contributed by atoms with Crippen LogP contribution in [0.3, 0.4) is 0 Å². The highest BCUT2D eigenvalue weighted by atomic mass is 16.2. The topological polar surface area (TPSA) is 67.2 Å². The third-order valence-corrected chi connectivity index (χ3v) is 5.37. The Morgan fingerprint density at radius 1 is 1.03 bits per heavy atom. The molecule has 29 heavy (non-hydrogen) atoms. The minimum atomic E-state index is -0.289. The van der Waals surface area contributed by atoms with Crippen molar-refractivity contribution in [2.75, 3.05) is 18.4 Å². The molecule has 0 bridgehead atoms. The molecule has 2 aromatic carbocycles. The van der Waals surface area contributed by atoms with Crippen LogP contribution in [0.5, 0.6) is 0 Å². The minimum absolute atomic E-state index is 0.0767. The molecule has 1 aromatic heterocycles. The molecule has 6 nitrogen and oxygen atoms in total. The zero-order chi connectivity index (χ0) is 20.1. The summed E-state index contributed by atoms with van der Waals surface area (Å²) in [6.07, 6.45) is 5.14. The number of amides is 2. The average molecular weight is 388 g/mol. The third kappa shape index (κ3) is 4.71. The fourth-order valence-corrected chi connectivity index (χ4v) is 3.80. The summed E-state index contributed by atoms with van der Waals surface area (Å²) in [4.78, 5) is 30.1. The molecule has 0 unspecified atom stereocenters. The van der Waals surface area contributed by atoms with Crippen LogP contribution >= 0.6 is 0 Å². The van der Waals surface area contributed by atoms with E-state index in [-0.39, 0.29) is 11.7 Å². The Morgan fingerprint density at radius 3 is 2.59 bits per heavy atom. The lowest BCUT2D eigenvalue weighted by atomic mass is 9.90. The monoisotopic (exact) mass is 388 g/mol. The molecule has 0 spiro atoms. The Morgan fingerprint density at radius 2 is 1.83 bits per heavy atom. The number of hydrogen-bond donors (Lipinski definition) is 1. The van der Waals surface area contributed by atoms with Gasteiger partial charge in [0.15, 0.2) is 0 Å². The molecule has 0 atom stereocenters. The van der Waals surface area contributed by atoms with Crippen LogP contribution in [0.15, 0.2) is 77.9 Å². The quantitative estimate of drug-likeness (QED) is 0.741. The summed E-state index contributed by atoms with van der Waals surface area (Å²) >= 11 is 0. The number of benzene rings is 2. The molecule has 2 heterocycles. The molecule has 0 aliphatic carbocycles. The van der Waals surface area contributed by atoms with Crippen molar-refractivity contribution in [3.63, 3.8) is 0 Å². The Balaban J connectivity index is 1.35. The van der Waals surface area contributed by atoms with Crippen molar-refractivity contribution in [3.8, 4) is 0 Å². The fraction of sp³-hybridized carbons (Fsp3) is 0.261. The maximum absolute atomic E-state index is 12.7. The van der Waals surface area contributed by atoms with Crippen LogP contribution in [0.2, 0.25) is 0 Å². The predicted octanol–water partition coefficient (Wildman–Crippen LogP) is 3.70. The van der Waals surface area contributed by atoms with Crippen molar-refractivity contribution in [2.45, 2.75) is 25.3 Å². The lowest BCUT2D eigenvalue weighted by Gasteiger charge is -2.32. The van der Waals surface area contributed by atoms with Crippen molar-refractivity contribution >= 4 is 11.7 Å². The van der Waals surface area contributed by atoms with E-state index in [9.17, 15) is 9.59 Å². The highest BCUT2D eigenvalue weighted by Gasteiger charge is 2.23. The molecule has 3 aromatic rings. The van der Waals surface area contributed by atoms with Crippen LogP contribution in [-0.4, -0.2) is 33.6 Å². The SMILES string of the molecule is O=C(Nc1cccc(Cn2cccnc2=O)c1)N1CCC(c2ccccc2)CC1. The lowest BCUT2D eigenvalue weighted by Crippen LogP contribution is -2.40. The second-order valence-corrected chi connectivity index (χ2v) is 7.33. The van der Waals surface area contributed by atoms with E-state index in [2.05, 4.69) is 34.6 Å². The molecule has 1 aliphatic rings. The van der Waals surface area contributed by atoms with Gasteiger partial charge in [0.25, 0.3) is 0 Å². The molecule has 0 radical (unpaired) electrons. The highest BCUT2D eigenvalue weighted by molar-refractivity contribution is 5.89. The van der Waals surface area contributed by atoms with Gasteiger partial charge in [-0.3, -0.25) is 4.57 Å². The first-order valence-electron chi connectivity index (χ1n) is 9.90. The summed E-state index contributed by atoms with van der Waals surface area (Å²) in [7, 11) is 0. The number of aromatic nitrogens is 2. The summed E-state index contributed by atoms with van der Waals surface area (Å²) in [5.41, 5.74) is 2.73. The standard InChI is InChI=1S/C23H24N4O2/c28-22-24-12-5-13-27(22)17-18-6-4-9-21(16-18)25-23(29)26-14-10-20(11-15-26)19-7-2-1-3-8-19/h1-9,12-13,16,20H,10-11,14-15,17H2,(H,25,29). The smallest absolute Gasteiger partial charge is 0.324 e. The Labute approximate surface area is 169 Å². The number of anilines is 1. The van der Waals surface area contributed by atoms with Gasteiger partial charge in [-0.2, -0.15) is 0 Å². The van der Waals surface area contributed by atoms with Gasteiger partial charge in [-0.15, -0.1) is 0 Å². The van der Waals surface area contributed by atoms with Gasteiger partial charge >= 0.3 is 11.7 Å². The number of rotatable bonds is 4. The van der Waals surface area contributed by atoms with E-state index in [1.165, 1.54) is 16.3 Å². The van der Waals surface area contributed by atoms with Crippen LogP contribution in [0.1, 0.15) is 29.9 Å². The zero-order valence-electron chi connectivity index (χ0n) is 16.2. The normalized spacial score (nSPS) is 14.6. The second-order valence-electron chi connectivity index (χ2n) is 7.33. The van der Waals surface area contributed by atoms with Gasteiger partial charge < -0.3 is 10.2 Å². The number of hydrogen-bond acceptors (Lipinski definition) is 3. The van der Waals surface area contributed by atoms with Gasteiger partial charge in [0.1, 0.15) is 0 Å². The van der Waals surface area contributed by atoms with E-state index in [0.717, 1.165) is 37.2 Å². The van der Waals surface area contributed by atoms with Crippen LogP contribution in [0.4, 0.5) is 10.5 Å². The molecule has 1 fully saturated rings. The van der Waals surface area contributed by atoms with Gasteiger partial charge in [-0.1, -0.05) is 42.5 Å². The maximum atomic E-state index is 12.7. The Bertz CT molecular complexity index is 1020. The van der Waals surface area contributed by atoms with Crippen LogP contribution in [-0.2, 0) is 6.54 Å². The zero-order valence-corrected chi connectivity index (χ0v) is 16.2. The number of carbonyl (C=O) groups is 1. The molecular formula is C23H24N4O2. The van der Waals surface area contributed by atoms with Gasteiger partial charge in [0, 0.05) is 31.2 Å². The lowest BCUT2D eigenvalue weighted by molar-refractivity contribution is 0.194. The van der Waals surface area contributed by atoms with Gasteiger partial charge in [0.2, 0.25) is 0 Å². The number of nitrogens with one attached hydrogen (secondary N) is 1. The fourth-order valence-electron chi connectivity index (χ4n) is 3.80. The Hall–Kier alpha value is -3.41. The summed E-state index contributed by atoms with van der Waals surface area (Å²) in [5.74, 6) is 0.515. The number of carbonyl (C=O) groups excluding carboxylic acids is 1. The first kappa shape index (κ1) is 18.9. The summed E-state index contributed by atoms with van der Waals surface area (Å²) in [5, 5.41) is 2.99. The summed E-state index contributed by atoms with van der Waals surface area (Å²) in [6.45, 7) is 1.91. The van der Waals surface area contributed by atoms with E-state index < -0.39 is 0 Å². The number of likely N-dealkylation sites (tertiary alicyclic amines) is 1. The van der Waals surface area contributed by atoms with Gasteiger partial charge in [-0.25, -0.2) is 14.6 Å². The molecular weight excluding hydrogens is 364 g/mol. The first-order valence-corrected chi connectivity index (χ1v) is 9.90. The van der Waals surface area contributed by atoms with Crippen molar-refractivity contribution in [1.82, 2.24) is 14.5 Å². The van der Waals surface area contributed by atoms with E-state index >= 15 is 0 Å². The van der Waals surface area contributed by atoms with Crippen LogP contribution < -0.4 is 11.0 Å². The predicted molar refractivity (Wildman–Crippen MR) is 113 cm³/mol. The van der Waals surface area contributed by atoms with Crippen LogP contribution in [0, 0.1) is 0 Å².